The van der Waals surface area contributed by atoms with Gasteiger partial charge in [-0.15, -0.1) is 0 Å². The molecule has 0 fully saturated rings. The van der Waals surface area contributed by atoms with E-state index in [4.69, 9.17) is 21.4 Å². The first-order valence-corrected chi connectivity index (χ1v) is 11.7. The van der Waals surface area contributed by atoms with Crippen molar-refractivity contribution < 1.29 is 19.4 Å². The maximum Gasteiger partial charge on any atom is 0.332 e. The Morgan fingerprint density at radius 2 is 1.77 bits per heavy atom. The van der Waals surface area contributed by atoms with E-state index < -0.39 is 12.1 Å². The molecule has 0 amide bonds. The van der Waals surface area contributed by atoms with E-state index in [0.29, 0.717) is 22.7 Å². The van der Waals surface area contributed by atoms with Gasteiger partial charge in [0.15, 0.2) is 11.9 Å². The molecule has 0 saturated carbocycles. The van der Waals surface area contributed by atoms with Crippen LogP contribution in [-0.2, 0) is 22.7 Å². The highest BCUT2D eigenvalue weighted by molar-refractivity contribution is 6.31. The molecule has 0 aliphatic carbocycles. The fourth-order valence-corrected chi connectivity index (χ4v) is 3.95. The first kappa shape index (κ1) is 24.5. The number of ether oxygens (including phenoxy) is 1. The Labute approximate surface area is 209 Å². The molecular formula is C29H26ClNO4. The highest BCUT2D eigenvalue weighted by atomic mass is 35.5. The zero-order valence-electron chi connectivity index (χ0n) is 19.6. The summed E-state index contributed by atoms with van der Waals surface area (Å²) in [7, 11) is 0. The molecule has 1 heterocycles. The summed E-state index contributed by atoms with van der Waals surface area (Å²) < 4.78 is 7.36. The van der Waals surface area contributed by atoms with E-state index in [1.54, 1.807) is 0 Å². The summed E-state index contributed by atoms with van der Waals surface area (Å²) >= 11 is 6.25. The number of nitrogens with zero attached hydrogens (tertiary/aromatic N) is 1. The molecule has 5 nitrogen and oxygen atoms in total. The lowest BCUT2D eigenvalue weighted by molar-refractivity contribution is -0.149. The number of hydrogen-bond acceptors (Lipinski definition) is 3. The maximum absolute atomic E-state index is 13.2. The molecule has 0 saturated heterocycles. The minimum atomic E-state index is -0.979. The molecule has 1 N–H and O–H groups in total. The second kappa shape index (κ2) is 10.7. The predicted molar refractivity (Wildman–Crippen MR) is 139 cm³/mol. The quantitative estimate of drug-likeness (QED) is 0.272. The van der Waals surface area contributed by atoms with Crippen LogP contribution < -0.4 is 0 Å². The van der Waals surface area contributed by atoms with Crippen molar-refractivity contribution in [3.05, 3.63) is 112 Å². The van der Waals surface area contributed by atoms with Gasteiger partial charge in [-0.3, -0.25) is 4.79 Å². The SMILES string of the molecule is Cc1ccc(C(=O)c2cn(CC=Cc3ccc(CO[C@H](C)C(=O)O)cc3)c3ccc(Cl)cc23)cc1. The van der Waals surface area contributed by atoms with E-state index in [0.717, 1.165) is 27.6 Å². The summed E-state index contributed by atoms with van der Waals surface area (Å²) in [5, 5.41) is 10.3. The molecule has 0 spiro atoms. The molecule has 0 aliphatic heterocycles. The Bertz CT molecular complexity index is 1380. The first-order chi connectivity index (χ1) is 16.8. The van der Waals surface area contributed by atoms with Crippen LogP contribution in [0.15, 0.2) is 79.0 Å². The standard InChI is InChI=1S/C29H26ClNO4/c1-19-5-11-23(12-6-19)28(32)26-17-31(27-14-13-24(30)16-25(26)27)15-3-4-21-7-9-22(10-8-21)18-35-20(2)29(33)34/h3-14,16-17,20H,15,18H2,1-2H3,(H,33,34)/t20-/m1/s1. The van der Waals surface area contributed by atoms with Crippen LogP contribution in [0.3, 0.4) is 0 Å². The van der Waals surface area contributed by atoms with Crippen molar-refractivity contribution in [2.75, 3.05) is 0 Å². The van der Waals surface area contributed by atoms with E-state index in [9.17, 15) is 9.59 Å². The molecular weight excluding hydrogens is 462 g/mol. The average molecular weight is 488 g/mol. The van der Waals surface area contributed by atoms with Crippen molar-refractivity contribution in [3.63, 3.8) is 0 Å². The van der Waals surface area contributed by atoms with Crippen LogP contribution in [0.5, 0.6) is 0 Å². The summed E-state index contributed by atoms with van der Waals surface area (Å²) in [6, 6.07) is 20.9. The fourth-order valence-electron chi connectivity index (χ4n) is 3.78. The van der Waals surface area contributed by atoms with Gasteiger partial charge in [0.1, 0.15) is 0 Å². The zero-order chi connectivity index (χ0) is 24.9. The highest BCUT2D eigenvalue weighted by Gasteiger charge is 2.17. The lowest BCUT2D eigenvalue weighted by Crippen LogP contribution is -2.19. The number of carboxylic acids is 1. The number of halogens is 1. The normalized spacial score (nSPS) is 12.3. The lowest BCUT2D eigenvalue weighted by Gasteiger charge is -2.08. The van der Waals surface area contributed by atoms with Crippen LogP contribution in [0.2, 0.25) is 5.02 Å². The van der Waals surface area contributed by atoms with Crippen LogP contribution in [0.25, 0.3) is 17.0 Å². The maximum atomic E-state index is 13.2. The third-order valence-electron chi connectivity index (χ3n) is 5.84. The molecule has 4 rings (SSSR count). The van der Waals surface area contributed by atoms with E-state index in [2.05, 4.69) is 0 Å². The number of aliphatic carboxylic acids is 1. The number of carboxylic acid groups (broad SMARTS) is 1. The van der Waals surface area contributed by atoms with Gasteiger partial charge < -0.3 is 14.4 Å². The first-order valence-electron chi connectivity index (χ1n) is 11.3. The third kappa shape index (κ3) is 5.88. The number of rotatable bonds is 9. The summed E-state index contributed by atoms with van der Waals surface area (Å²) in [4.78, 5) is 24.1. The topological polar surface area (TPSA) is 68.5 Å². The van der Waals surface area contributed by atoms with Crippen molar-refractivity contribution in [1.82, 2.24) is 4.57 Å². The second-order valence-corrected chi connectivity index (χ2v) is 8.92. The average Bonchev–Trinajstić information content (AvgIpc) is 3.20. The van der Waals surface area contributed by atoms with Gasteiger partial charge in [-0.1, -0.05) is 77.8 Å². The van der Waals surface area contributed by atoms with Gasteiger partial charge in [-0.05, 0) is 43.2 Å². The molecule has 4 aromatic rings. The van der Waals surface area contributed by atoms with Crippen LogP contribution in [0, 0.1) is 6.92 Å². The minimum Gasteiger partial charge on any atom is -0.479 e. The summed E-state index contributed by atoms with van der Waals surface area (Å²) in [5.41, 5.74) is 5.23. The van der Waals surface area contributed by atoms with Gasteiger partial charge in [-0.25, -0.2) is 4.79 Å². The van der Waals surface area contributed by atoms with E-state index in [-0.39, 0.29) is 12.4 Å². The number of benzene rings is 3. The predicted octanol–water partition coefficient (Wildman–Crippen LogP) is 6.54. The van der Waals surface area contributed by atoms with Crippen molar-refractivity contribution in [3.8, 4) is 0 Å². The summed E-state index contributed by atoms with van der Waals surface area (Å²) in [5.74, 6) is -1.01. The van der Waals surface area contributed by atoms with Gasteiger partial charge in [0.2, 0.25) is 0 Å². The van der Waals surface area contributed by atoms with Crippen LogP contribution in [-0.4, -0.2) is 27.5 Å². The number of carbonyl (C=O) groups is 2. The molecule has 0 radical (unpaired) electrons. The van der Waals surface area contributed by atoms with E-state index in [1.807, 2.05) is 96.6 Å². The van der Waals surface area contributed by atoms with Crippen LogP contribution in [0.4, 0.5) is 0 Å². The number of aryl methyl sites for hydroxylation is 1. The minimum absolute atomic E-state index is 0.0324. The fraction of sp³-hybridized carbons (Fsp3) is 0.172. The Morgan fingerprint density at radius 3 is 2.46 bits per heavy atom. The van der Waals surface area contributed by atoms with Crippen molar-refractivity contribution >= 4 is 40.3 Å². The van der Waals surface area contributed by atoms with Gasteiger partial charge >= 0.3 is 5.97 Å². The van der Waals surface area contributed by atoms with Crippen LogP contribution in [0.1, 0.15) is 39.5 Å². The van der Waals surface area contributed by atoms with Gasteiger partial charge in [0, 0.05) is 39.8 Å². The number of aromatic nitrogens is 1. The largest absolute Gasteiger partial charge is 0.479 e. The molecule has 0 unspecified atom stereocenters. The number of allylic oxidation sites excluding steroid dienone is 1. The Hall–Kier alpha value is -3.67. The van der Waals surface area contributed by atoms with Crippen molar-refractivity contribution in [2.24, 2.45) is 0 Å². The number of fused-ring (bicyclic) bond motifs is 1. The Morgan fingerprint density at radius 1 is 1.06 bits per heavy atom. The number of carbonyl (C=O) groups excluding carboxylic acids is 1. The number of ketones is 1. The van der Waals surface area contributed by atoms with Crippen LogP contribution >= 0.6 is 11.6 Å². The van der Waals surface area contributed by atoms with E-state index in [1.165, 1.54) is 6.92 Å². The molecule has 1 atom stereocenters. The molecule has 6 heteroatoms. The second-order valence-electron chi connectivity index (χ2n) is 8.49. The van der Waals surface area contributed by atoms with Gasteiger partial charge in [0.25, 0.3) is 0 Å². The molecule has 35 heavy (non-hydrogen) atoms. The monoisotopic (exact) mass is 487 g/mol. The zero-order valence-corrected chi connectivity index (χ0v) is 20.3. The summed E-state index contributed by atoms with van der Waals surface area (Å²) in [6.45, 7) is 4.33. The summed E-state index contributed by atoms with van der Waals surface area (Å²) in [6.07, 6.45) is 5.08. The molecule has 0 bridgehead atoms. The molecule has 3 aromatic carbocycles. The number of hydrogen-bond donors (Lipinski definition) is 1. The van der Waals surface area contributed by atoms with Crippen molar-refractivity contribution in [2.45, 2.75) is 33.1 Å². The Balaban J connectivity index is 1.51. The molecule has 178 valence electrons. The lowest BCUT2D eigenvalue weighted by atomic mass is 10.0. The van der Waals surface area contributed by atoms with Gasteiger partial charge in [0.05, 0.1) is 6.61 Å². The Kier molecular flexibility index (Phi) is 7.49. The van der Waals surface area contributed by atoms with Gasteiger partial charge in [-0.2, -0.15) is 0 Å². The molecule has 0 aliphatic rings. The molecule has 1 aromatic heterocycles. The van der Waals surface area contributed by atoms with E-state index >= 15 is 0 Å². The van der Waals surface area contributed by atoms with Crippen molar-refractivity contribution in [1.29, 1.82) is 0 Å². The third-order valence-corrected chi connectivity index (χ3v) is 6.08. The highest BCUT2D eigenvalue weighted by Crippen LogP contribution is 2.27. The smallest absolute Gasteiger partial charge is 0.332 e.